The zero-order valence-electron chi connectivity index (χ0n) is 16.8. The van der Waals surface area contributed by atoms with Crippen molar-refractivity contribution in [2.45, 2.75) is 32.4 Å². The second-order valence-electron chi connectivity index (χ2n) is 6.56. The van der Waals surface area contributed by atoms with Crippen molar-refractivity contribution in [2.24, 2.45) is 4.99 Å². The van der Waals surface area contributed by atoms with Crippen LogP contribution in [-0.2, 0) is 17.9 Å². The molecule has 0 aliphatic carbocycles. The highest BCUT2D eigenvalue weighted by molar-refractivity contribution is 5.79. The Bertz CT molecular complexity index is 697. The molecule has 0 spiro atoms. The molecule has 2 rings (SSSR count). The Balaban J connectivity index is 1.74. The van der Waals surface area contributed by atoms with Gasteiger partial charge < -0.3 is 20.1 Å². The van der Waals surface area contributed by atoms with Crippen molar-refractivity contribution in [2.75, 3.05) is 27.8 Å². The Hall–Kier alpha value is -2.53. The minimum absolute atomic E-state index is 0.467. The van der Waals surface area contributed by atoms with Gasteiger partial charge in [-0.15, -0.1) is 0 Å². The van der Waals surface area contributed by atoms with Crippen LogP contribution in [0.1, 0.15) is 36.0 Å². The molecule has 0 heterocycles. The van der Waals surface area contributed by atoms with Crippen molar-refractivity contribution in [3.8, 4) is 5.75 Å². The smallest absolute Gasteiger partial charge is 0.191 e. The summed E-state index contributed by atoms with van der Waals surface area (Å²) in [6, 6.07) is 16.7. The van der Waals surface area contributed by atoms with Crippen molar-refractivity contribution < 1.29 is 9.47 Å². The quantitative estimate of drug-likeness (QED) is 0.523. The van der Waals surface area contributed by atoms with E-state index in [0.717, 1.165) is 31.2 Å². The number of nitrogens with zero attached hydrogens (tertiary/aromatic N) is 1. The molecule has 0 bridgehead atoms. The summed E-state index contributed by atoms with van der Waals surface area (Å²) in [7, 11) is 5.19. The molecule has 0 aliphatic heterocycles. The van der Waals surface area contributed by atoms with Crippen LogP contribution in [-0.4, -0.2) is 33.8 Å². The van der Waals surface area contributed by atoms with E-state index in [2.05, 4.69) is 58.9 Å². The van der Waals surface area contributed by atoms with Crippen LogP contribution in [0, 0.1) is 0 Å². The lowest BCUT2D eigenvalue weighted by molar-refractivity contribution is 0.185. The zero-order valence-corrected chi connectivity index (χ0v) is 16.8. The molecule has 2 aromatic rings. The minimum atomic E-state index is 0.467. The first kappa shape index (κ1) is 20.8. The van der Waals surface area contributed by atoms with Gasteiger partial charge in [-0.3, -0.25) is 4.99 Å². The maximum atomic E-state index is 5.22. The van der Waals surface area contributed by atoms with Gasteiger partial charge in [0.25, 0.3) is 0 Å². The van der Waals surface area contributed by atoms with E-state index >= 15 is 0 Å². The van der Waals surface area contributed by atoms with E-state index < -0.39 is 0 Å². The van der Waals surface area contributed by atoms with Gasteiger partial charge in [0, 0.05) is 27.2 Å². The molecule has 5 heteroatoms. The first-order valence-corrected chi connectivity index (χ1v) is 9.31. The third-order valence-corrected chi connectivity index (χ3v) is 4.57. The maximum Gasteiger partial charge on any atom is 0.191 e. The fourth-order valence-corrected chi connectivity index (χ4v) is 2.83. The van der Waals surface area contributed by atoms with Crippen LogP contribution in [0.15, 0.2) is 53.5 Å². The molecular formula is C22H31N3O2. The molecule has 0 saturated carbocycles. The molecule has 1 atom stereocenters. The Morgan fingerprint density at radius 3 is 2.22 bits per heavy atom. The van der Waals surface area contributed by atoms with Gasteiger partial charge in [0.05, 0.1) is 13.7 Å². The Kier molecular flexibility index (Phi) is 8.65. The van der Waals surface area contributed by atoms with Gasteiger partial charge in [0.1, 0.15) is 5.75 Å². The topological polar surface area (TPSA) is 54.9 Å². The lowest BCUT2D eigenvalue weighted by Crippen LogP contribution is -2.37. The fourth-order valence-electron chi connectivity index (χ4n) is 2.83. The van der Waals surface area contributed by atoms with Gasteiger partial charge in [-0.25, -0.2) is 0 Å². The second-order valence-corrected chi connectivity index (χ2v) is 6.56. The zero-order chi connectivity index (χ0) is 19.5. The summed E-state index contributed by atoms with van der Waals surface area (Å²) in [4.78, 5) is 4.30. The fraction of sp³-hybridized carbons (Fsp3) is 0.409. The minimum Gasteiger partial charge on any atom is -0.497 e. The number of rotatable bonds is 9. The summed E-state index contributed by atoms with van der Waals surface area (Å²) in [6.45, 7) is 4.48. The molecule has 146 valence electrons. The highest BCUT2D eigenvalue weighted by atomic mass is 16.5. The number of benzene rings is 2. The molecule has 0 aliphatic rings. The summed E-state index contributed by atoms with van der Waals surface area (Å²) in [5.41, 5.74) is 3.71. The van der Waals surface area contributed by atoms with Crippen LogP contribution in [0.2, 0.25) is 0 Å². The number of nitrogens with one attached hydrogen (secondary N) is 2. The third kappa shape index (κ3) is 6.94. The van der Waals surface area contributed by atoms with Crippen molar-refractivity contribution in [1.29, 1.82) is 0 Å². The molecule has 5 nitrogen and oxygen atoms in total. The highest BCUT2D eigenvalue weighted by Gasteiger charge is 2.06. The number of guanidine groups is 1. The summed E-state index contributed by atoms with van der Waals surface area (Å²) in [5, 5.41) is 6.75. The largest absolute Gasteiger partial charge is 0.497 e. The maximum absolute atomic E-state index is 5.22. The van der Waals surface area contributed by atoms with Gasteiger partial charge in [0.15, 0.2) is 5.96 Å². The molecule has 0 radical (unpaired) electrons. The summed E-state index contributed by atoms with van der Waals surface area (Å²) in [6.07, 6.45) is 1.03. The molecule has 2 N–H and O–H groups in total. The molecule has 0 saturated heterocycles. The SMILES string of the molecule is CN=C(NCCC(C)c1ccc(OC)cc1)NCc1ccc(COC)cc1. The first-order valence-electron chi connectivity index (χ1n) is 9.31. The van der Waals surface area contributed by atoms with E-state index in [9.17, 15) is 0 Å². The van der Waals surface area contributed by atoms with Crippen molar-refractivity contribution in [3.05, 3.63) is 65.2 Å². The molecule has 0 aromatic heterocycles. The monoisotopic (exact) mass is 369 g/mol. The molecule has 0 amide bonds. The number of methoxy groups -OCH3 is 2. The van der Waals surface area contributed by atoms with Crippen LogP contribution in [0.3, 0.4) is 0 Å². The van der Waals surface area contributed by atoms with Crippen LogP contribution in [0.5, 0.6) is 5.75 Å². The standard InChI is InChI=1S/C22H31N3O2/c1-17(20-9-11-21(27-4)12-10-20)13-14-24-22(23-2)25-15-18-5-7-19(8-6-18)16-26-3/h5-12,17H,13-16H2,1-4H3,(H2,23,24,25). The van der Waals surface area contributed by atoms with E-state index in [1.165, 1.54) is 16.7 Å². The lowest BCUT2D eigenvalue weighted by atomic mass is 9.98. The first-order chi connectivity index (χ1) is 13.2. The highest BCUT2D eigenvalue weighted by Crippen LogP contribution is 2.21. The van der Waals surface area contributed by atoms with E-state index in [4.69, 9.17) is 9.47 Å². The average molecular weight is 370 g/mol. The third-order valence-electron chi connectivity index (χ3n) is 4.57. The van der Waals surface area contributed by atoms with E-state index in [1.54, 1.807) is 21.3 Å². The van der Waals surface area contributed by atoms with Gasteiger partial charge >= 0.3 is 0 Å². The van der Waals surface area contributed by atoms with Gasteiger partial charge in [-0.2, -0.15) is 0 Å². The van der Waals surface area contributed by atoms with E-state index in [0.29, 0.717) is 12.5 Å². The number of ether oxygens (including phenoxy) is 2. The molecule has 2 aromatic carbocycles. The summed E-state index contributed by atoms with van der Waals surface area (Å²) >= 11 is 0. The number of aliphatic imine (C=N–C) groups is 1. The van der Waals surface area contributed by atoms with E-state index in [-0.39, 0.29) is 0 Å². The molecule has 1 unspecified atom stereocenters. The van der Waals surface area contributed by atoms with Crippen molar-refractivity contribution in [1.82, 2.24) is 10.6 Å². The summed E-state index contributed by atoms with van der Waals surface area (Å²) < 4.78 is 10.4. The molecule has 27 heavy (non-hydrogen) atoms. The normalized spacial score (nSPS) is 12.5. The second kappa shape index (κ2) is 11.2. The summed E-state index contributed by atoms with van der Waals surface area (Å²) in [5.74, 6) is 2.18. The average Bonchev–Trinajstić information content (AvgIpc) is 2.71. The van der Waals surface area contributed by atoms with Crippen LogP contribution < -0.4 is 15.4 Å². The van der Waals surface area contributed by atoms with Gasteiger partial charge in [0.2, 0.25) is 0 Å². The van der Waals surface area contributed by atoms with Crippen LogP contribution >= 0.6 is 0 Å². The predicted molar refractivity (Wildman–Crippen MR) is 111 cm³/mol. The Labute approximate surface area is 162 Å². The molecular weight excluding hydrogens is 338 g/mol. The van der Waals surface area contributed by atoms with E-state index in [1.807, 2.05) is 12.1 Å². The van der Waals surface area contributed by atoms with Crippen LogP contribution in [0.25, 0.3) is 0 Å². The van der Waals surface area contributed by atoms with Crippen LogP contribution in [0.4, 0.5) is 0 Å². The van der Waals surface area contributed by atoms with Gasteiger partial charge in [-0.1, -0.05) is 43.3 Å². The van der Waals surface area contributed by atoms with Crippen molar-refractivity contribution >= 4 is 5.96 Å². The number of hydrogen-bond donors (Lipinski definition) is 2. The lowest BCUT2D eigenvalue weighted by Gasteiger charge is -2.15. The van der Waals surface area contributed by atoms with Crippen molar-refractivity contribution in [3.63, 3.8) is 0 Å². The Morgan fingerprint density at radius 1 is 0.963 bits per heavy atom. The Morgan fingerprint density at radius 2 is 1.63 bits per heavy atom. The van der Waals surface area contributed by atoms with Gasteiger partial charge in [-0.05, 0) is 41.2 Å². The predicted octanol–water partition coefficient (Wildman–Crippen LogP) is 3.70. The number of hydrogen-bond acceptors (Lipinski definition) is 3. The molecule has 0 fully saturated rings.